The lowest BCUT2D eigenvalue weighted by Crippen LogP contribution is -2.13. The number of nitro groups is 2. The number of carboxylic acids is 1. The van der Waals surface area contributed by atoms with E-state index >= 15 is 0 Å². The van der Waals surface area contributed by atoms with Gasteiger partial charge in [0.05, 0.1) is 15.4 Å². The van der Waals surface area contributed by atoms with Crippen LogP contribution in [0, 0.1) is 47.9 Å². The molecule has 1 amide bonds. The molecule has 0 saturated carbocycles. The molecule has 0 aliphatic rings. The molecule has 0 spiro atoms. The van der Waals surface area contributed by atoms with Crippen LogP contribution in [0.5, 0.6) is 0 Å². The predicted octanol–water partition coefficient (Wildman–Crippen LogP) is 5.43. The fraction of sp³-hybridized carbons (Fsp3) is 0.143. The Labute approximate surface area is 235 Å². The molecule has 0 unspecified atom stereocenters. The Bertz CT molecular complexity index is 1520. The average molecular weight is 561 g/mol. The number of anilines is 2. The van der Waals surface area contributed by atoms with Gasteiger partial charge in [0, 0.05) is 40.2 Å². The highest BCUT2D eigenvalue weighted by atomic mass is 16.6. The van der Waals surface area contributed by atoms with E-state index in [2.05, 4.69) is 15.3 Å². The zero-order valence-electron chi connectivity index (χ0n) is 22.7. The van der Waals surface area contributed by atoms with Crippen molar-refractivity contribution in [3.8, 4) is 0 Å². The molecule has 0 aliphatic carbocycles. The first-order chi connectivity index (χ1) is 19.3. The first-order valence-corrected chi connectivity index (χ1v) is 11.9. The topological polar surface area (TPSA) is 204 Å². The Morgan fingerprint density at radius 1 is 0.756 bits per heavy atom. The van der Waals surface area contributed by atoms with Gasteiger partial charge in [0.25, 0.3) is 17.3 Å². The Kier molecular flexibility index (Phi) is 11.1. The van der Waals surface area contributed by atoms with Crippen molar-refractivity contribution in [2.45, 2.75) is 27.7 Å². The summed E-state index contributed by atoms with van der Waals surface area (Å²) < 4.78 is 0. The lowest BCUT2D eigenvalue weighted by atomic mass is 10.0. The summed E-state index contributed by atoms with van der Waals surface area (Å²) in [4.78, 5) is 51.0. The van der Waals surface area contributed by atoms with Crippen LogP contribution in [0.1, 0.15) is 43.0 Å². The summed E-state index contributed by atoms with van der Waals surface area (Å²) in [6, 6.07) is 16.2. The molecule has 0 aliphatic heterocycles. The number of amides is 1. The monoisotopic (exact) mass is 560 g/mol. The van der Waals surface area contributed by atoms with Crippen molar-refractivity contribution >= 4 is 34.9 Å². The van der Waals surface area contributed by atoms with Crippen molar-refractivity contribution in [1.82, 2.24) is 9.97 Å². The van der Waals surface area contributed by atoms with E-state index in [9.17, 15) is 29.8 Å². The quantitative estimate of drug-likeness (QED) is 0.208. The van der Waals surface area contributed by atoms with Gasteiger partial charge < -0.3 is 16.2 Å². The number of carboxylic acid groups (broad SMARTS) is 1. The summed E-state index contributed by atoms with van der Waals surface area (Å²) in [6.45, 7) is 6.28. The lowest BCUT2D eigenvalue weighted by Gasteiger charge is -2.07. The average Bonchev–Trinajstić information content (AvgIpc) is 2.89. The van der Waals surface area contributed by atoms with Gasteiger partial charge in [-0.15, -0.1) is 0 Å². The number of nitrogens with two attached hydrogens (primary N) is 1. The molecule has 4 aromatic rings. The molecule has 2 aromatic carbocycles. The molecule has 212 valence electrons. The summed E-state index contributed by atoms with van der Waals surface area (Å²) in [5, 5.41) is 32.8. The van der Waals surface area contributed by atoms with Crippen LogP contribution in [0.2, 0.25) is 0 Å². The van der Waals surface area contributed by atoms with Gasteiger partial charge in [0.1, 0.15) is 11.6 Å². The molecule has 2 heterocycles. The predicted molar refractivity (Wildman–Crippen MR) is 153 cm³/mol. The van der Waals surface area contributed by atoms with Crippen LogP contribution in [0.15, 0.2) is 73.1 Å². The fourth-order valence-corrected chi connectivity index (χ4v) is 3.74. The largest absolute Gasteiger partial charge is 0.478 e. The van der Waals surface area contributed by atoms with Crippen molar-refractivity contribution in [3.63, 3.8) is 0 Å². The number of nitrogen functional groups attached to an aromatic ring is 1. The minimum absolute atomic E-state index is 0.0185. The molecule has 0 bridgehead atoms. The Hall–Kier alpha value is -5.72. The molecule has 13 nitrogen and oxygen atoms in total. The number of nitrogens with one attached hydrogen (secondary N) is 1. The van der Waals surface area contributed by atoms with Crippen molar-refractivity contribution in [1.29, 1.82) is 0 Å². The molecule has 0 radical (unpaired) electrons. The number of pyridine rings is 2. The van der Waals surface area contributed by atoms with Crippen molar-refractivity contribution < 1.29 is 24.5 Å². The molecule has 41 heavy (non-hydrogen) atoms. The first kappa shape index (κ1) is 31.5. The number of aromatic nitrogens is 2. The van der Waals surface area contributed by atoms with Crippen LogP contribution >= 0.6 is 0 Å². The van der Waals surface area contributed by atoms with E-state index in [1.165, 1.54) is 38.1 Å². The van der Waals surface area contributed by atoms with Crippen LogP contribution in [0.4, 0.5) is 23.0 Å². The molecule has 4 rings (SSSR count). The molecular formula is C28H28N6O7. The Morgan fingerprint density at radius 3 is 1.51 bits per heavy atom. The first-order valence-electron chi connectivity index (χ1n) is 11.9. The number of rotatable bonds is 5. The highest BCUT2D eigenvalue weighted by Crippen LogP contribution is 2.25. The van der Waals surface area contributed by atoms with E-state index in [-0.39, 0.29) is 22.8 Å². The third-order valence-electron chi connectivity index (χ3n) is 5.45. The maximum absolute atomic E-state index is 12.1. The number of hydrogen-bond acceptors (Lipinski definition) is 9. The van der Waals surface area contributed by atoms with E-state index in [0.29, 0.717) is 39.5 Å². The number of aryl methyl sites for hydroxylation is 4. The number of carbonyl (C=O) groups excluding carboxylic acids is 1. The normalized spacial score (nSPS) is 9.76. The molecule has 0 saturated heterocycles. The second-order valence-corrected chi connectivity index (χ2v) is 8.66. The highest BCUT2D eigenvalue weighted by Gasteiger charge is 2.19. The minimum atomic E-state index is -1.08. The molecule has 13 heteroatoms. The smallest absolute Gasteiger partial charge is 0.335 e. The zero-order chi connectivity index (χ0) is 30.7. The number of aromatic carboxylic acids is 1. The lowest BCUT2D eigenvalue weighted by molar-refractivity contribution is -0.386. The molecule has 0 fully saturated rings. The maximum Gasteiger partial charge on any atom is 0.335 e. The van der Waals surface area contributed by atoms with E-state index < -0.39 is 15.8 Å². The number of carbonyl (C=O) groups is 2. The standard InChI is InChI=1S/C14H13N3O3.C9H9NO4.C5H6N2/c1-9-7-11(8-10(2)13(9)17(19)20)14(18)16-12-5-3-4-6-15-12;1-5-3-7(9(11)12)4-6(2)8(5)10(13)14;6-5-3-1-2-4-7-5/h3-8H,1-2H3,(H,15,16,18);3-4H,1-2H3,(H,11,12);1-4H,(H2,6,7). The SMILES string of the molecule is Cc1cc(C(=O)Nc2ccccn2)cc(C)c1[N+](=O)[O-].Cc1cc(C(=O)O)cc(C)c1[N+](=O)[O-].Nc1ccccn1. The van der Waals surface area contributed by atoms with Gasteiger partial charge in [0.2, 0.25) is 0 Å². The number of nitro benzene ring substituents is 2. The van der Waals surface area contributed by atoms with Gasteiger partial charge in [0.15, 0.2) is 0 Å². The van der Waals surface area contributed by atoms with Crippen LogP contribution < -0.4 is 11.1 Å². The van der Waals surface area contributed by atoms with Gasteiger partial charge in [-0.25, -0.2) is 14.8 Å². The van der Waals surface area contributed by atoms with Gasteiger partial charge in [-0.05, 0) is 76.2 Å². The van der Waals surface area contributed by atoms with Crippen LogP contribution in [-0.2, 0) is 0 Å². The second-order valence-electron chi connectivity index (χ2n) is 8.66. The molecule has 4 N–H and O–H groups in total. The van der Waals surface area contributed by atoms with Crippen LogP contribution in [0.3, 0.4) is 0 Å². The summed E-state index contributed by atoms with van der Waals surface area (Å²) in [5.74, 6) is -0.412. The molecular weight excluding hydrogens is 532 g/mol. The second kappa shape index (κ2) is 14.4. The van der Waals surface area contributed by atoms with Crippen molar-refractivity contribution in [3.05, 3.63) is 127 Å². The summed E-state index contributed by atoms with van der Waals surface area (Å²) in [6.07, 6.45) is 3.23. The number of nitrogens with zero attached hydrogens (tertiary/aromatic N) is 4. The number of benzene rings is 2. The zero-order valence-corrected chi connectivity index (χ0v) is 22.7. The van der Waals surface area contributed by atoms with Gasteiger partial charge >= 0.3 is 5.97 Å². The third-order valence-corrected chi connectivity index (χ3v) is 5.45. The van der Waals surface area contributed by atoms with Gasteiger partial charge in [-0.1, -0.05) is 12.1 Å². The molecule has 2 aromatic heterocycles. The Morgan fingerprint density at radius 2 is 1.20 bits per heavy atom. The minimum Gasteiger partial charge on any atom is -0.478 e. The molecule has 0 atom stereocenters. The fourth-order valence-electron chi connectivity index (χ4n) is 3.74. The summed E-state index contributed by atoms with van der Waals surface area (Å²) >= 11 is 0. The van der Waals surface area contributed by atoms with Gasteiger partial charge in [-0.3, -0.25) is 25.0 Å². The number of hydrogen-bond donors (Lipinski definition) is 3. The van der Waals surface area contributed by atoms with E-state index in [1.807, 2.05) is 12.1 Å². The summed E-state index contributed by atoms with van der Waals surface area (Å²) in [5.41, 5.74) is 7.37. The third kappa shape index (κ3) is 9.21. The summed E-state index contributed by atoms with van der Waals surface area (Å²) in [7, 11) is 0. The van der Waals surface area contributed by atoms with Crippen LogP contribution in [0.25, 0.3) is 0 Å². The highest BCUT2D eigenvalue weighted by molar-refractivity contribution is 6.04. The van der Waals surface area contributed by atoms with Gasteiger partial charge in [-0.2, -0.15) is 0 Å². The van der Waals surface area contributed by atoms with Crippen molar-refractivity contribution in [2.75, 3.05) is 11.1 Å². The van der Waals surface area contributed by atoms with E-state index in [0.717, 1.165) is 0 Å². The van der Waals surface area contributed by atoms with E-state index in [4.69, 9.17) is 10.8 Å². The Balaban J connectivity index is 0.000000241. The van der Waals surface area contributed by atoms with E-state index in [1.54, 1.807) is 50.5 Å². The maximum atomic E-state index is 12.1. The van der Waals surface area contributed by atoms with Crippen molar-refractivity contribution in [2.24, 2.45) is 0 Å². The van der Waals surface area contributed by atoms with Crippen LogP contribution in [-0.4, -0.2) is 36.8 Å².